The predicted octanol–water partition coefficient (Wildman–Crippen LogP) is 7.48. The Morgan fingerprint density at radius 1 is 0.714 bits per heavy atom. The minimum absolute atomic E-state index is 0.761. The molecule has 2 heterocycles. The van der Waals surface area contributed by atoms with Gasteiger partial charge in [-0.2, -0.15) is 0 Å². The van der Waals surface area contributed by atoms with E-state index < -0.39 is 0 Å². The molecule has 1 aliphatic rings. The molecule has 0 aliphatic carbocycles. The first-order valence-electron chi connectivity index (χ1n) is 13.0. The molecule has 178 valence electrons. The first-order valence-corrected chi connectivity index (χ1v) is 13.0. The van der Waals surface area contributed by atoms with Gasteiger partial charge in [0.15, 0.2) is 0 Å². The van der Waals surface area contributed by atoms with Crippen molar-refractivity contribution < 1.29 is 4.74 Å². The van der Waals surface area contributed by atoms with Gasteiger partial charge < -0.3 is 9.30 Å². The third kappa shape index (κ3) is 4.41. The number of ether oxygens (including phenoxy) is 1. The van der Waals surface area contributed by atoms with Gasteiger partial charge in [0.25, 0.3) is 0 Å². The summed E-state index contributed by atoms with van der Waals surface area (Å²) in [5.74, 6) is 0.963. The fourth-order valence-corrected chi connectivity index (χ4v) is 5.68. The summed E-state index contributed by atoms with van der Waals surface area (Å²) in [6.07, 6.45) is 4.03. The van der Waals surface area contributed by atoms with Crippen LogP contribution in [-0.2, 0) is 6.54 Å². The summed E-state index contributed by atoms with van der Waals surface area (Å²) in [5.41, 5.74) is 6.50. The van der Waals surface area contributed by atoms with Gasteiger partial charge in [-0.3, -0.25) is 4.90 Å². The van der Waals surface area contributed by atoms with Gasteiger partial charge in [0.05, 0.1) is 5.52 Å². The molecule has 1 aliphatic heterocycles. The number of likely N-dealkylation sites (tertiary alicyclic amines) is 1. The van der Waals surface area contributed by atoms with Crippen LogP contribution in [0, 0.1) is 13.8 Å². The molecule has 0 amide bonds. The van der Waals surface area contributed by atoms with E-state index >= 15 is 0 Å². The number of aryl methyl sites for hydroxylation is 2. The number of hydrogen-bond acceptors (Lipinski definition) is 2. The second kappa shape index (κ2) is 9.39. The minimum atomic E-state index is 0.761. The van der Waals surface area contributed by atoms with Gasteiger partial charge in [-0.25, -0.2) is 0 Å². The quantitative estimate of drug-likeness (QED) is 0.260. The fraction of sp³-hybridized carbons (Fsp3) is 0.312. The summed E-state index contributed by atoms with van der Waals surface area (Å²) in [4.78, 5) is 2.52. The highest BCUT2D eigenvalue weighted by atomic mass is 16.5. The molecule has 1 fully saturated rings. The molecule has 0 N–H and O–H groups in total. The lowest BCUT2D eigenvalue weighted by Crippen LogP contribution is -2.33. The lowest BCUT2D eigenvalue weighted by molar-refractivity contribution is 0.183. The molecule has 0 saturated carbocycles. The highest BCUT2D eigenvalue weighted by molar-refractivity contribution is 6.17. The van der Waals surface area contributed by atoms with Gasteiger partial charge in [-0.05, 0) is 75.0 Å². The number of fused-ring (bicyclic) bond motifs is 5. The zero-order valence-electron chi connectivity index (χ0n) is 20.9. The molecule has 6 rings (SSSR count). The molecule has 0 atom stereocenters. The molecule has 0 unspecified atom stereocenters. The van der Waals surface area contributed by atoms with Gasteiger partial charge in [0.1, 0.15) is 12.4 Å². The smallest absolute Gasteiger partial charge is 0.119 e. The van der Waals surface area contributed by atoms with E-state index in [1.54, 1.807) is 0 Å². The van der Waals surface area contributed by atoms with Crippen LogP contribution in [-0.4, -0.2) is 35.7 Å². The summed E-state index contributed by atoms with van der Waals surface area (Å²) in [5, 5.41) is 5.29. The van der Waals surface area contributed by atoms with Crippen molar-refractivity contribution in [2.75, 3.05) is 26.2 Å². The fourth-order valence-electron chi connectivity index (χ4n) is 5.68. The van der Waals surface area contributed by atoms with Gasteiger partial charge in [0.2, 0.25) is 0 Å². The highest BCUT2D eigenvalue weighted by Crippen LogP contribution is 2.35. The van der Waals surface area contributed by atoms with Gasteiger partial charge >= 0.3 is 0 Å². The Balaban J connectivity index is 1.31. The van der Waals surface area contributed by atoms with E-state index in [1.807, 2.05) is 0 Å². The van der Waals surface area contributed by atoms with Crippen molar-refractivity contribution in [3.63, 3.8) is 0 Å². The Morgan fingerprint density at radius 2 is 1.46 bits per heavy atom. The summed E-state index contributed by atoms with van der Waals surface area (Å²) in [6.45, 7) is 9.40. The van der Waals surface area contributed by atoms with Crippen molar-refractivity contribution in [1.82, 2.24) is 9.47 Å². The normalized spacial score (nSPS) is 14.8. The Bertz CT molecular complexity index is 1490. The van der Waals surface area contributed by atoms with Crippen molar-refractivity contribution in [3.05, 3.63) is 89.5 Å². The molecule has 4 aromatic carbocycles. The van der Waals surface area contributed by atoms with Crippen LogP contribution in [0.2, 0.25) is 0 Å². The zero-order valence-corrected chi connectivity index (χ0v) is 20.9. The zero-order chi connectivity index (χ0) is 23.8. The lowest BCUT2D eigenvalue weighted by Gasteiger charge is -2.26. The van der Waals surface area contributed by atoms with E-state index in [0.29, 0.717) is 0 Å². The maximum atomic E-state index is 6.07. The maximum Gasteiger partial charge on any atom is 0.119 e. The summed E-state index contributed by atoms with van der Waals surface area (Å²) in [6, 6.07) is 26.9. The largest absolute Gasteiger partial charge is 0.492 e. The first kappa shape index (κ1) is 22.2. The Labute approximate surface area is 207 Å². The highest BCUT2D eigenvalue weighted by Gasteiger charge is 2.15. The van der Waals surface area contributed by atoms with Crippen molar-refractivity contribution in [1.29, 1.82) is 0 Å². The monoisotopic (exact) mass is 462 g/mol. The summed E-state index contributed by atoms with van der Waals surface area (Å²) in [7, 11) is 0. The van der Waals surface area contributed by atoms with Crippen LogP contribution in [0.25, 0.3) is 32.6 Å². The molecule has 35 heavy (non-hydrogen) atoms. The second-order valence-electron chi connectivity index (χ2n) is 10.2. The molecule has 1 aromatic heterocycles. The number of benzene rings is 4. The van der Waals surface area contributed by atoms with Crippen molar-refractivity contribution in [2.45, 2.75) is 39.7 Å². The average molecular weight is 463 g/mol. The van der Waals surface area contributed by atoms with Crippen molar-refractivity contribution in [2.24, 2.45) is 0 Å². The SMILES string of the molecule is Cc1ccc2c(ccc3c4cc(C)ccc4n(Cc4ccc(OCCN5CCCCC5)cc4)c23)c1. The molecule has 1 saturated heterocycles. The van der Waals surface area contributed by atoms with Crippen LogP contribution in [0.1, 0.15) is 36.0 Å². The van der Waals surface area contributed by atoms with E-state index in [0.717, 1.165) is 25.4 Å². The average Bonchev–Trinajstić information content (AvgIpc) is 3.18. The van der Waals surface area contributed by atoms with Crippen LogP contribution in [0.4, 0.5) is 0 Å². The van der Waals surface area contributed by atoms with E-state index in [-0.39, 0.29) is 0 Å². The Hall–Kier alpha value is -3.30. The third-order valence-corrected chi connectivity index (χ3v) is 7.54. The molecular weight excluding hydrogens is 428 g/mol. The van der Waals surface area contributed by atoms with E-state index in [1.165, 1.54) is 81.6 Å². The van der Waals surface area contributed by atoms with E-state index in [9.17, 15) is 0 Å². The molecular formula is C32H34N2O. The van der Waals surface area contributed by atoms with E-state index in [4.69, 9.17) is 4.74 Å². The maximum absolute atomic E-state index is 6.07. The van der Waals surface area contributed by atoms with Crippen molar-refractivity contribution in [3.8, 4) is 5.75 Å². The minimum Gasteiger partial charge on any atom is -0.492 e. The molecule has 3 heteroatoms. The second-order valence-corrected chi connectivity index (χ2v) is 10.2. The Kier molecular flexibility index (Phi) is 5.95. The summed E-state index contributed by atoms with van der Waals surface area (Å²) >= 11 is 0. The first-order chi connectivity index (χ1) is 17.2. The van der Waals surface area contributed by atoms with Gasteiger partial charge in [-0.15, -0.1) is 0 Å². The molecule has 5 aromatic rings. The standard InChI is InChI=1S/C32H34N2O/c1-23-6-13-28-26(20-23)10-14-29-30-21-24(2)7-15-31(30)34(32(28)29)22-25-8-11-27(12-9-25)35-19-18-33-16-4-3-5-17-33/h6-15,20-21H,3-5,16-19,22H2,1-2H3. The van der Waals surface area contributed by atoms with Crippen LogP contribution in [0.5, 0.6) is 5.75 Å². The van der Waals surface area contributed by atoms with Crippen LogP contribution >= 0.6 is 0 Å². The third-order valence-electron chi connectivity index (χ3n) is 7.54. The number of piperidine rings is 1. The number of hydrogen-bond donors (Lipinski definition) is 0. The summed E-state index contributed by atoms with van der Waals surface area (Å²) < 4.78 is 8.57. The number of nitrogens with zero attached hydrogens (tertiary/aromatic N) is 2. The molecule has 3 nitrogen and oxygen atoms in total. The van der Waals surface area contributed by atoms with Crippen LogP contribution < -0.4 is 4.74 Å². The van der Waals surface area contributed by atoms with Gasteiger partial charge in [-0.1, -0.05) is 66.1 Å². The molecule has 0 bridgehead atoms. The Morgan fingerprint density at radius 3 is 2.29 bits per heavy atom. The van der Waals surface area contributed by atoms with Gasteiger partial charge in [0, 0.05) is 34.8 Å². The van der Waals surface area contributed by atoms with Crippen LogP contribution in [0.15, 0.2) is 72.8 Å². The number of rotatable bonds is 6. The molecule has 0 spiro atoms. The van der Waals surface area contributed by atoms with Crippen molar-refractivity contribution >= 4 is 32.6 Å². The lowest BCUT2D eigenvalue weighted by atomic mass is 10.0. The number of aromatic nitrogens is 1. The molecule has 0 radical (unpaired) electrons. The van der Waals surface area contributed by atoms with Crippen LogP contribution in [0.3, 0.4) is 0 Å². The van der Waals surface area contributed by atoms with E-state index in [2.05, 4.69) is 96.1 Å². The topological polar surface area (TPSA) is 17.4 Å². The predicted molar refractivity (Wildman–Crippen MR) is 148 cm³/mol.